The van der Waals surface area contributed by atoms with Gasteiger partial charge in [-0.2, -0.15) is 0 Å². The van der Waals surface area contributed by atoms with E-state index in [1.807, 2.05) is 0 Å². The lowest BCUT2D eigenvalue weighted by Gasteiger charge is -2.13. The summed E-state index contributed by atoms with van der Waals surface area (Å²) in [5.74, 6) is -1.60. The second-order valence-electron chi connectivity index (χ2n) is 5.29. The van der Waals surface area contributed by atoms with Crippen LogP contribution in [0.5, 0.6) is 5.75 Å². The summed E-state index contributed by atoms with van der Waals surface area (Å²) < 4.78 is 14.4. The Balaban J connectivity index is 2.25. The van der Waals surface area contributed by atoms with Crippen molar-refractivity contribution in [1.82, 2.24) is 14.9 Å². The first-order chi connectivity index (χ1) is 12.0. The standard InChI is InChI=1S/C18H14FN3O3/c1-2-20-17(24)14-15(23)13-4-3-9-21-16(13)22(18(14)25)10-11-5-7-12(19)8-6-11/h2-9,23H,1,10H2,(H,20,24). The van der Waals surface area contributed by atoms with E-state index in [9.17, 15) is 19.1 Å². The fourth-order valence-corrected chi connectivity index (χ4v) is 2.55. The minimum absolute atomic E-state index is 0.0707. The molecule has 3 rings (SSSR count). The van der Waals surface area contributed by atoms with E-state index in [1.54, 1.807) is 12.1 Å². The highest BCUT2D eigenvalue weighted by atomic mass is 19.1. The van der Waals surface area contributed by atoms with Crippen molar-refractivity contribution in [3.05, 3.63) is 82.7 Å². The SMILES string of the molecule is C=CNC(=O)c1c(O)c2cccnc2n(Cc2ccc(F)cc2)c1=O. The van der Waals surface area contributed by atoms with Crippen LogP contribution < -0.4 is 10.9 Å². The van der Waals surface area contributed by atoms with Crippen LogP contribution in [0.1, 0.15) is 15.9 Å². The molecule has 0 unspecified atom stereocenters. The van der Waals surface area contributed by atoms with Gasteiger partial charge in [0.2, 0.25) is 0 Å². The average Bonchev–Trinajstić information content (AvgIpc) is 2.60. The van der Waals surface area contributed by atoms with Crippen LogP contribution in [0.25, 0.3) is 11.0 Å². The molecule has 7 heteroatoms. The predicted molar refractivity (Wildman–Crippen MR) is 90.8 cm³/mol. The largest absolute Gasteiger partial charge is 0.506 e. The lowest BCUT2D eigenvalue weighted by Crippen LogP contribution is -2.32. The summed E-state index contributed by atoms with van der Waals surface area (Å²) in [5.41, 5.74) is -0.226. The number of rotatable bonds is 4. The van der Waals surface area contributed by atoms with Crippen molar-refractivity contribution in [3.8, 4) is 5.75 Å². The normalized spacial score (nSPS) is 10.6. The van der Waals surface area contributed by atoms with Gasteiger partial charge in [-0.25, -0.2) is 9.37 Å². The molecule has 2 N–H and O–H groups in total. The molecule has 0 aliphatic heterocycles. The first-order valence-electron chi connectivity index (χ1n) is 7.39. The first kappa shape index (κ1) is 16.4. The second kappa shape index (κ2) is 6.56. The zero-order valence-corrected chi connectivity index (χ0v) is 13.1. The van der Waals surface area contributed by atoms with Crippen molar-refractivity contribution in [2.45, 2.75) is 6.54 Å². The summed E-state index contributed by atoms with van der Waals surface area (Å²) in [5, 5.41) is 12.9. The summed E-state index contributed by atoms with van der Waals surface area (Å²) in [6, 6.07) is 8.77. The Hall–Kier alpha value is -3.48. The fraction of sp³-hybridized carbons (Fsp3) is 0.0556. The van der Waals surface area contributed by atoms with Gasteiger partial charge in [-0.05, 0) is 36.0 Å². The Morgan fingerprint density at radius 1 is 1.32 bits per heavy atom. The second-order valence-corrected chi connectivity index (χ2v) is 5.29. The van der Waals surface area contributed by atoms with Crippen LogP contribution >= 0.6 is 0 Å². The molecule has 3 aromatic rings. The number of nitrogens with one attached hydrogen (secondary N) is 1. The minimum atomic E-state index is -0.767. The van der Waals surface area contributed by atoms with Gasteiger partial charge in [-0.15, -0.1) is 0 Å². The smallest absolute Gasteiger partial charge is 0.269 e. The number of fused-ring (bicyclic) bond motifs is 1. The molecule has 0 bridgehead atoms. The Bertz CT molecular complexity index is 1030. The molecule has 0 spiro atoms. The number of carbonyl (C=O) groups is 1. The van der Waals surface area contributed by atoms with Gasteiger partial charge >= 0.3 is 0 Å². The van der Waals surface area contributed by atoms with Gasteiger partial charge in [-0.1, -0.05) is 18.7 Å². The molecule has 6 nitrogen and oxygen atoms in total. The molecule has 0 radical (unpaired) electrons. The molecular weight excluding hydrogens is 325 g/mol. The van der Waals surface area contributed by atoms with E-state index < -0.39 is 28.6 Å². The van der Waals surface area contributed by atoms with Gasteiger partial charge in [0.05, 0.1) is 11.9 Å². The molecule has 0 aliphatic rings. The molecule has 1 aromatic carbocycles. The van der Waals surface area contributed by atoms with Gasteiger partial charge in [0.25, 0.3) is 11.5 Å². The van der Waals surface area contributed by atoms with Crippen molar-refractivity contribution in [2.75, 3.05) is 0 Å². The highest BCUT2D eigenvalue weighted by Gasteiger charge is 2.22. The molecule has 2 heterocycles. The molecule has 1 amide bonds. The number of halogens is 1. The van der Waals surface area contributed by atoms with Crippen LogP contribution in [-0.4, -0.2) is 20.6 Å². The zero-order valence-electron chi connectivity index (χ0n) is 13.1. The number of aromatic hydroxyl groups is 1. The molecule has 0 saturated heterocycles. The summed E-state index contributed by atoms with van der Waals surface area (Å²) in [7, 11) is 0. The molecule has 126 valence electrons. The van der Waals surface area contributed by atoms with Crippen LogP contribution in [0, 0.1) is 5.82 Å². The Labute approximate surface area is 141 Å². The first-order valence-corrected chi connectivity index (χ1v) is 7.39. The summed E-state index contributed by atoms with van der Waals surface area (Å²) in [6.45, 7) is 3.45. The topological polar surface area (TPSA) is 84.2 Å². The number of aromatic nitrogens is 2. The fourth-order valence-electron chi connectivity index (χ4n) is 2.55. The van der Waals surface area contributed by atoms with Gasteiger partial charge < -0.3 is 10.4 Å². The maximum absolute atomic E-state index is 13.1. The van der Waals surface area contributed by atoms with E-state index in [1.165, 1.54) is 35.0 Å². The average molecular weight is 339 g/mol. The number of hydrogen-bond acceptors (Lipinski definition) is 4. The third-order valence-electron chi connectivity index (χ3n) is 3.71. The molecule has 0 aliphatic carbocycles. The predicted octanol–water partition coefficient (Wildman–Crippen LogP) is 2.16. The zero-order chi connectivity index (χ0) is 18.0. The van der Waals surface area contributed by atoms with Crippen LogP contribution in [0.4, 0.5) is 4.39 Å². The monoisotopic (exact) mass is 339 g/mol. The van der Waals surface area contributed by atoms with Gasteiger partial charge in [0, 0.05) is 6.20 Å². The number of carbonyl (C=O) groups excluding carboxylic acids is 1. The number of hydrogen-bond donors (Lipinski definition) is 2. The Morgan fingerprint density at radius 2 is 2.04 bits per heavy atom. The van der Waals surface area contributed by atoms with E-state index in [2.05, 4.69) is 16.9 Å². The summed E-state index contributed by atoms with van der Waals surface area (Å²) >= 11 is 0. The van der Waals surface area contributed by atoms with Crippen molar-refractivity contribution in [1.29, 1.82) is 0 Å². The number of benzene rings is 1. The molecule has 0 saturated carbocycles. The lowest BCUT2D eigenvalue weighted by molar-refractivity contribution is 0.0966. The van der Waals surface area contributed by atoms with E-state index >= 15 is 0 Å². The maximum atomic E-state index is 13.1. The van der Waals surface area contributed by atoms with E-state index in [-0.39, 0.29) is 17.6 Å². The van der Waals surface area contributed by atoms with Crippen molar-refractivity contribution >= 4 is 16.9 Å². The van der Waals surface area contributed by atoms with E-state index in [0.717, 1.165) is 6.20 Å². The Kier molecular flexibility index (Phi) is 4.30. The minimum Gasteiger partial charge on any atom is -0.506 e. The van der Waals surface area contributed by atoms with Gasteiger partial charge in [0.15, 0.2) is 0 Å². The molecule has 2 aromatic heterocycles. The molecular formula is C18H14FN3O3. The van der Waals surface area contributed by atoms with Gasteiger partial charge in [0.1, 0.15) is 22.8 Å². The number of nitrogens with zero attached hydrogens (tertiary/aromatic N) is 2. The van der Waals surface area contributed by atoms with E-state index in [4.69, 9.17) is 0 Å². The third kappa shape index (κ3) is 2.99. The maximum Gasteiger partial charge on any atom is 0.269 e. The quantitative estimate of drug-likeness (QED) is 0.763. The van der Waals surface area contributed by atoms with Crippen LogP contribution in [-0.2, 0) is 6.54 Å². The highest BCUT2D eigenvalue weighted by molar-refractivity contribution is 6.02. The summed E-state index contributed by atoms with van der Waals surface area (Å²) in [6.07, 6.45) is 2.60. The van der Waals surface area contributed by atoms with Crippen molar-refractivity contribution in [2.24, 2.45) is 0 Å². The number of amides is 1. The van der Waals surface area contributed by atoms with Crippen molar-refractivity contribution in [3.63, 3.8) is 0 Å². The highest BCUT2D eigenvalue weighted by Crippen LogP contribution is 2.25. The summed E-state index contributed by atoms with van der Waals surface area (Å²) in [4.78, 5) is 29.1. The van der Waals surface area contributed by atoms with Crippen molar-refractivity contribution < 1.29 is 14.3 Å². The van der Waals surface area contributed by atoms with Crippen LogP contribution in [0.2, 0.25) is 0 Å². The number of pyridine rings is 2. The third-order valence-corrected chi connectivity index (χ3v) is 3.71. The Morgan fingerprint density at radius 3 is 2.72 bits per heavy atom. The lowest BCUT2D eigenvalue weighted by atomic mass is 10.1. The van der Waals surface area contributed by atoms with Crippen LogP contribution in [0.3, 0.4) is 0 Å². The molecule has 0 fully saturated rings. The van der Waals surface area contributed by atoms with E-state index in [0.29, 0.717) is 5.56 Å². The van der Waals surface area contributed by atoms with Gasteiger partial charge in [-0.3, -0.25) is 14.2 Å². The molecule has 0 atom stereocenters. The molecule has 25 heavy (non-hydrogen) atoms. The van der Waals surface area contributed by atoms with Crippen LogP contribution in [0.15, 0.2) is 60.2 Å².